The number of carbonyl (C=O) groups excluding carboxylic acids is 1. The highest BCUT2D eigenvalue weighted by Crippen LogP contribution is 2.07. The molecule has 1 aromatic rings. The van der Waals surface area contributed by atoms with E-state index in [2.05, 4.69) is 15.7 Å². The van der Waals surface area contributed by atoms with Crippen molar-refractivity contribution in [3.63, 3.8) is 0 Å². The van der Waals surface area contributed by atoms with E-state index in [1.54, 1.807) is 26.8 Å². The Balaban J connectivity index is 2.68. The Kier molecular flexibility index (Phi) is 4.13. The van der Waals surface area contributed by atoms with Gasteiger partial charge < -0.3 is 9.84 Å². The molecule has 1 unspecified atom stereocenters. The molecule has 0 aromatic carbocycles. The first kappa shape index (κ1) is 13.8. The zero-order valence-electron chi connectivity index (χ0n) is 10.4. The lowest BCUT2D eigenvalue weighted by atomic mass is 10.2. The highest BCUT2D eigenvalue weighted by Gasteiger charge is 2.21. The fraction of sp³-hybridized carbons (Fsp3) is 0.500. The average molecular weight is 256 g/mol. The Bertz CT molecular complexity index is 410. The summed E-state index contributed by atoms with van der Waals surface area (Å²) >= 11 is 0. The number of nitrogens with zero attached hydrogens (tertiary/aromatic N) is 2. The van der Waals surface area contributed by atoms with Gasteiger partial charge in [0.1, 0.15) is 5.60 Å². The van der Waals surface area contributed by atoms with Crippen molar-refractivity contribution >= 4 is 12.2 Å². The van der Waals surface area contributed by atoms with Crippen LogP contribution in [-0.4, -0.2) is 32.7 Å². The van der Waals surface area contributed by atoms with Gasteiger partial charge in [-0.05, 0) is 26.8 Å². The number of nitrogens with one attached hydrogen (secondary N) is 2. The summed E-state index contributed by atoms with van der Waals surface area (Å²) in [6.45, 7) is 5.13. The van der Waals surface area contributed by atoms with Gasteiger partial charge in [-0.3, -0.25) is 10.6 Å². The zero-order valence-corrected chi connectivity index (χ0v) is 10.4. The van der Waals surface area contributed by atoms with E-state index in [1.165, 1.54) is 17.1 Å². The highest BCUT2D eigenvalue weighted by molar-refractivity contribution is 5.69. The summed E-state index contributed by atoms with van der Waals surface area (Å²) in [5.74, 6) is 0. The van der Waals surface area contributed by atoms with Gasteiger partial charge in [0, 0.05) is 12.4 Å². The molecule has 8 heteroatoms. The zero-order chi connectivity index (χ0) is 13.8. The van der Waals surface area contributed by atoms with Crippen molar-refractivity contribution in [1.29, 1.82) is 0 Å². The molecule has 8 nitrogen and oxygen atoms in total. The van der Waals surface area contributed by atoms with E-state index in [0.717, 1.165) is 0 Å². The van der Waals surface area contributed by atoms with Crippen LogP contribution in [0.1, 0.15) is 27.1 Å². The lowest BCUT2D eigenvalue weighted by Gasteiger charge is -2.23. The Morgan fingerprint density at radius 3 is 2.50 bits per heavy atom. The summed E-state index contributed by atoms with van der Waals surface area (Å²) in [4.78, 5) is 22.2. The lowest BCUT2D eigenvalue weighted by Crippen LogP contribution is -2.45. The van der Waals surface area contributed by atoms with Crippen LogP contribution in [0.5, 0.6) is 0 Å². The Morgan fingerprint density at radius 1 is 1.39 bits per heavy atom. The average Bonchev–Trinajstić information content (AvgIpc) is 2.64. The number of ether oxygens (including phenoxy) is 1. The minimum Gasteiger partial charge on any atom is -0.465 e. The molecule has 0 fully saturated rings. The highest BCUT2D eigenvalue weighted by atomic mass is 16.6. The molecular formula is C10H16N4O4. The quantitative estimate of drug-likeness (QED) is 0.703. The molecule has 0 spiro atoms. The van der Waals surface area contributed by atoms with E-state index in [0.29, 0.717) is 0 Å². The lowest BCUT2D eigenvalue weighted by molar-refractivity contribution is 0.0462. The van der Waals surface area contributed by atoms with Crippen LogP contribution < -0.4 is 10.6 Å². The third kappa shape index (κ3) is 4.73. The van der Waals surface area contributed by atoms with Crippen LogP contribution in [0.3, 0.4) is 0 Å². The molecule has 18 heavy (non-hydrogen) atoms. The van der Waals surface area contributed by atoms with Crippen molar-refractivity contribution < 1.29 is 19.4 Å². The molecule has 0 radical (unpaired) electrons. The minimum atomic E-state index is -1.29. The fourth-order valence-electron chi connectivity index (χ4n) is 1.14. The van der Waals surface area contributed by atoms with E-state index in [1.807, 2.05) is 0 Å². The molecule has 0 saturated carbocycles. The maximum absolute atomic E-state index is 11.5. The third-order valence-corrected chi connectivity index (χ3v) is 1.70. The number of aromatic nitrogens is 2. The number of alkyl carbamates (subject to hydrolysis) is 1. The number of hydrogen-bond donors (Lipinski definition) is 3. The van der Waals surface area contributed by atoms with Gasteiger partial charge in [0.25, 0.3) is 0 Å². The number of carbonyl (C=O) groups is 2. The maximum Gasteiger partial charge on any atom is 0.410 e. The monoisotopic (exact) mass is 256 g/mol. The second-order valence-corrected chi connectivity index (χ2v) is 4.48. The number of amides is 2. The first-order chi connectivity index (χ1) is 8.28. The molecule has 1 rings (SSSR count). The van der Waals surface area contributed by atoms with Crippen molar-refractivity contribution in [2.75, 3.05) is 0 Å². The predicted molar refractivity (Wildman–Crippen MR) is 61.8 cm³/mol. The van der Waals surface area contributed by atoms with Crippen molar-refractivity contribution in [1.82, 2.24) is 20.4 Å². The normalized spacial score (nSPS) is 12.6. The van der Waals surface area contributed by atoms with E-state index in [4.69, 9.17) is 9.84 Å². The number of rotatable bonds is 3. The second kappa shape index (κ2) is 5.39. The molecule has 0 aliphatic heterocycles. The molecule has 0 aliphatic rings. The molecule has 0 saturated heterocycles. The summed E-state index contributed by atoms with van der Waals surface area (Å²) in [5, 5.41) is 17.0. The standard InChI is InChI=1S/C10H16N4O4/c1-10(2,3)18-9(17)13-7(12-8(15)16)14-6-4-5-11-14/h4-7,12H,1-3H3,(H,13,17)(H,15,16). The summed E-state index contributed by atoms with van der Waals surface area (Å²) < 4.78 is 6.27. The molecule has 1 atom stereocenters. The largest absolute Gasteiger partial charge is 0.465 e. The summed E-state index contributed by atoms with van der Waals surface area (Å²) in [7, 11) is 0. The maximum atomic E-state index is 11.5. The summed E-state index contributed by atoms with van der Waals surface area (Å²) in [6, 6.07) is 1.60. The first-order valence-electron chi connectivity index (χ1n) is 5.26. The molecule has 100 valence electrons. The van der Waals surface area contributed by atoms with E-state index in [-0.39, 0.29) is 0 Å². The second-order valence-electron chi connectivity index (χ2n) is 4.48. The van der Waals surface area contributed by atoms with Crippen molar-refractivity contribution in [2.24, 2.45) is 0 Å². The summed E-state index contributed by atoms with van der Waals surface area (Å²) in [5.41, 5.74) is -0.665. The van der Waals surface area contributed by atoms with Gasteiger partial charge in [-0.1, -0.05) is 0 Å². The van der Waals surface area contributed by atoms with Gasteiger partial charge in [0.05, 0.1) is 0 Å². The van der Waals surface area contributed by atoms with E-state index in [9.17, 15) is 9.59 Å². The van der Waals surface area contributed by atoms with Gasteiger partial charge in [0.2, 0.25) is 6.29 Å². The topological polar surface area (TPSA) is 105 Å². The first-order valence-corrected chi connectivity index (χ1v) is 5.26. The Hall–Kier alpha value is -2.25. The number of hydrogen-bond acceptors (Lipinski definition) is 4. The van der Waals surface area contributed by atoms with Crippen molar-refractivity contribution in [3.05, 3.63) is 18.5 Å². The Morgan fingerprint density at radius 2 is 2.06 bits per heavy atom. The Labute approximate surface area is 104 Å². The molecule has 1 heterocycles. The molecular weight excluding hydrogens is 240 g/mol. The smallest absolute Gasteiger partial charge is 0.410 e. The summed E-state index contributed by atoms with van der Waals surface area (Å²) in [6.07, 6.45) is -0.0682. The van der Waals surface area contributed by atoms with Crippen LogP contribution in [0.2, 0.25) is 0 Å². The van der Waals surface area contributed by atoms with Gasteiger partial charge >= 0.3 is 12.2 Å². The van der Waals surface area contributed by atoms with Crippen molar-refractivity contribution in [2.45, 2.75) is 32.7 Å². The molecule has 1 aromatic heterocycles. The predicted octanol–water partition coefficient (Wildman–Crippen LogP) is 1.13. The van der Waals surface area contributed by atoms with Crippen LogP contribution in [0, 0.1) is 0 Å². The van der Waals surface area contributed by atoms with Gasteiger partial charge in [-0.2, -0.15) is 5.10 Å². The van der Waals surface area contributed by atoms with Crippen molar-refractivity contribution in [3.8, 4) is 0 Å². The third-order valence-electron chi connectivity index (χ3n) is 1.70. The van der Waals surface area contributed by atoms with Gasteiger partial charge in [0.15, 0.2) is 0 Å². The van der Waals surface area contributed by atoms with E-state index >= 15 is 0 Å². The van der Waals surface area contributed by atoms with Crippen LogP contribution in [-0.2, 0) is 4.74 Å². The molecule has 2 amide bonds. The minimum absolute atomic E-state index is 0.665. The molecule has 3 N–H and O–H groups in total. The molecule has 0 bridgehead atoms. The van der Waals surface area contributed by atoms with Crippen LogP contribution in [0.25, 0.3) is 0 Å². The van der Waals surface area contributed by atoms with Crippen LogP contribution in [0.4, 0.5) is 9.59 Å². The number of carboxylic acid groups (broad SMARTS) is 1. The van der Waals surface area contributed by atoms with Gasteiger partial charge in [-0.15, -0.1) is 0 Å². The SMILES string of the molecule is CC(C)(C)OC(=O)NC(NC(=O)O)n1cccn1. The van der Waals surface area contributed by atoms with Gasteiger partial charge in [-0.25, -0.2) is 14.3 Å². The van der Waals surface area contributed by atoms with Crippen LogP contribution in [0.15, 0.2) is 18.5 Å². The molecule has 0 aliphatic carbocycles. The fourth-order valence-corrected chi connectivity index (χ4v) is 1.14. The van der Waals surface area contributed by atoms with E-state index < -0.39 is 24.1 Å². The van der Waals surface area contributed by atoms with Crippen LogP contribution >= 0.6 is 0 Å².